The highest BCUT2D eigenvalue weighted by molar-refractivity contribution is 5.71. The van der Waals surface area contributed by atoms with Gasteiger partial charge in [-0.2, -0.15) is 0 Å². The van der Waals surface area contributed by atoms with E-state index in [1.807, 2.05) is 12.3 Å². The second-order valence-corrected chi connectivity index (χ2v) is 6.56. The first-order valence-corrected chi connectivity index (χ1v) is 8.46. The first-order chi connectivity index (χ1) is 10.8. The summed E-state index contributed by atoms with van der Waals surface area (Å²) in [5.41, 5.74) is 2.00. The molecule has 2 unspecified atom stereocenters. The van der Waals surface area contributed by atoms with Crippen molar-refractivity contribution in [2.24, 2.45) is 0 Å². The summed E-state index contributed by atoms with van der Waals surface area (Å²) in [6.45, 7) is 3.02. The monoisotopic (exact) mass is 300 g/mol. The van der Waals surface area contributed by atoms with Gasteiger partial charge in [-0.3, -0.25) is 0 Å². The lowest BCUT2D eigenvalue weighted by atomic mass is 10.1. The van der Waals surface area contributed by atoms with Gasteiger partial charge in [-0.1, -0.05) is 0 Å². The van der Waals surface area contributed by atoms with E-state index in [4.69, 9.17) is 9.72 Å². The second kappa shape index (κ2) is 5.97. The van der Waals surface area contributed by atoms with Crippen LogP contribution in [-0.4, -0.2) is 45.7 Å². The van der Waals surface area contributed by atoms with Gasteiger partial charge in [0.25, 0.3) is 0 Å². The number of aromatic nitrogens is 3. The molecule has 5 nitrogen and oxygen atoms in total. The minimum atomic E-state index is 0.134. The van der Waals surface area contributed by atoms with Crippen molar-refractivity contribution in [1.29, 1.82) is 0 Å². The third kappa shape index (κ3) is 2.52. The van der Waals surface area contributed by atoms with Gasteiger partial charge in [-0.05, 0) is 57.8 Å². The zero-order valence-electron chi connectivity index (χ0n) is 13.2. The third-order valence-corrected chi connectivity index (χ3v) is 5.07. The zero-order chi connectivity index (χ0) is 14.9. The summed E-state index contributed by atoms with van der Waals surface area (Å²) in [5, 5.41) is 0. The van der Waals surface area contributed by atoms with Crippen LogP contribution in [0.1, 0.15) is 44.0 Å². The van der Waals surface area contributed by atoms with Crippen molar-refractivity contribution in [2.45, 2.75) is 50.8 Å². The van der Waals surface area contributed by atoms with Crippen molar-refractivity contribution in [2.75, 3.05) is 20.2 Å². The van der Waals surface area contributed by atoms with Gasteiger partial charge < -0.3 is 14.2 Å². The van der Waals surface area contributed by atoms with E-state index in [-0.39, 0.29) is 6.10 Å². The number of pyridine rings is 1. The van der Waals surface area contributed by atoms with Gasteiger partial charge in [0.05, 0.1) is 0 Å². The maximum absolute atomic E-state index is 6.00. The Bertz CT molecular complexity index is 647. The van der Waals surface area contributed by atoms with Crippen LogP contribution in [0.3, 0.4) is 0 Å². The van der Waals surface area contributed by atoms with Crippen LogP contribution in [0.5, 0.6) is 0 Å². The first-order valence-electron chi connectivity index (χ1n) is 8.46. The molecule has 0 spiro atoms. The molecule has 2 aromatic rings. The molecule has 4 rings (SSSR count). The Morgan fingerprint density at radius 3 is 3.00 bits per heavy atom. The number of likely N-dealkylation sites (tertiary alicyclic amines) is 1. The van der Waals surface area contributed by atoms with Gasteiger partial charge in [0, 0.05) is 25.4 Å². The highest BCUT2D eigenvalue weighted by Gasteiger charge is 2.27. The lowest BCUT2D eigenvalue weighted by molar-refractivity contribution is 0.00712. The smallest absolute Gasteiger partial charge is 0.160 e. The second-order valence-electron chi connectivity index (χ2n) is 6.56. The van der Waals surface area contributed by atoms with E-state index in [9.17, 15) is 0 Å². The molecule has 0 N–H and O–H groups in total. The fourth-order valence-electron chi connectivity index (χ4n) is 3.77. The molecular formula is C17H24N4O. The summed E-state index contributed by atoms with van der Waals surface area (Å²) in [5.74, 6) is 1.08. The molecule has 2 atom stereocenters. The quantitative estimate of drug-likeness (QED) is 0.874. The van der Waals surface area contributed by atoms with Crippen molar-refractivity contribution in [1.82, 2.24) is 19.4 Å². The largest absolute Gasteiger partial charge is 0.370 e. The fourth-order valence-corrected chi connectivity index (χ4v) is 3.77. The number of fused-ring (bicyclic) bond motifs is 1. The molecule has 0 radical (unpaired) electrons. The van der Waals surface area contributed by atoms with E-state index in [0.717, 1.165) is 36.6 Å². The topological polar surface area (TPSA) is 43.2 Å². The molecule has 0 aromatic carbocycles. The van der Waals surface area contributed by atoms with Gasteiger partial charge in [0.1, 0.15) is 17.4 Å². The highest BCUT2D eigenvalue weighted by Crippen LogP contribution is 2.30. The molecule has 2 aromatic heterocycles. The molecule has 0 bridgehead atoms. The van der Waals surface area contributed by atoms with E-state index in [0.29, 0.717) is 6.04 Å². The van der Waals surface area contributed by atoms with Crippen LogP contribution in [0.25, 0.3) is 11.2 Å². The van der Waals surface area contributed by atoms with Crippen LogP contribution in [0.15, 0.2) is 18.3 Å². The van der Waals surface area contributed by atoms with Crippen LogP contribution in [0.2, 0.25) is 0 Å². The molecule has 118 valence electrons. The lowest BCUT2D eigenvalue weighted by Crippen LogP contribution is -2.30. The normalized spacial score (nSPS) is 26.8. The van der Waals surface area contributed by atoms with Gasteiger partial charge in [-0.25, -0.2) is 9.97 Å². The number of nitrogens with zero attached hydrogens (tertiary/aromatic N) is 4. The molecule has 2 fully saturated rings. The average Bonchev–Trinajstić information content (AvgIpc) is 3.13. The Balaban J connectivity index is 1.72. The number of ether oxygens (including phenoxy) is 1. The fraction of sp³-hybridized carbons (Fsp3) is 0.647. The Labute approximate surface area is 131 Å². The summed E-state index contributed by atoms with van der Waals surface area (Å²) in [6, 6.07) is 4.61. The van der Waals surface area contributed by atoms with E-state index in [1.165, 1.54) is 32.2 Å². The summed E-state index contributed by atoms with van der Waals surface area (Å²) < 4.78 is 8.32. The molecule has 2 aliphatic heterocycles. The van der Waals surface area contributed by atoms with Crippen LogP contribution >= 0.6 is 0 Å². The number of hydrogen-bond acceptors (Lipinski definition) is 4. The van der Waals surface area contributed by atoms with E-state index >= 15 is 0 Å². The molecule has 0 saturated carbocycles. The summed E-state index contributed by atoms with van der Waals surface area (Å²) in [7, 11) is 2.22. The number of hydrogen-bond donors (Lipinski definition) is 0. The van der Waals surface area contributed by atoms with E-state index in [2.05, 4.69) is 27.6 Å². The van der Waals surface area contributed by atoms with Crippen molar-refractivity contribution >= 4 is 11.2 Å². The minimum Gasteiger partial charge on any atom is -0.370 e. The third-order valence-electron chi connectivity index (χ3n) is 5.07. The van der Waals surface area contributed by atoms with E-state index in [1.54, 1.807) is 0 Å². The molecule has 0 amide bonds. The molecule has 5 heteroatoms. The van der Waals surface area contributed by atoms with Crippen molar-refractivity contribution in [3.05, 3.63) is 24.2 Å². The van der Waals surface area contributed by atoms with Crippen LogP contribution in [-0.2, 0) is 11.3 Å². The molecular weight excluding hydrogens is 276 g/mol. The SMILES string of the molecule is CN1CCCC1Cn1c(C2CCCCO2)nc2cccnc21. The maximum atomic E-state index is 6.00. The molecule has 22 heavy (non-hydrogen) atoms. The Morgan fingerprint density at radius 2 is 2.23 bits per heavy atom. The molecule has 2 saturated heterocycles. The van der Waals surface area contributed by atoms with Crippen LogP contribution in [0, 0.1) is 0 Å². The van der Waals surface area contributed by atoms with Crippen LogP contribution < -0.4 is 0 Å². The first kappa shape index (κ1) is 14.2. The van der Waals surface area contributed by atoms with E-state index < -0.39 is 0 Å². The minimum absolute atomic E-state index is 0.134. The predicted octanol–water partition coefficient (Wildman–Crippen LogP) is 2.77. The summed E-state index contributed by atoms with van der Waals surface area (Å²) in [6.07, 6.45) is 8.01. The van der Waals surface area contributed by atoms with Crippen molar-refractivity contribution in [3.63, 3.8) is 0 Å². The molecule has 2 aliphatic rings. The van der Waals surface area contributed by atoms with Gasteiger partial charge in [0.2, 0.25) is 0 Å². The Hall–Kier alpha value is -1.46. The van der Waals surface area contributed by atoms with Crippen LogP contribution in [0.4, 0.5) is 0 Å². The molecule has 4 heterocycles. The van der Waals surface area contributed by atoms with Gasteiger partial charge >= 0.3 is 0 Å². The zero-order valence-corrected chi connectivity index (χ0v) is 13.2. The van der Waals surface area contributed by atoms with Gasteiger partial charge in [0.15, 0.2) is 5.65 Å². The van der Waals surface area contributed by atoms with Crippen molar-refractivity contribution < 1.29 is 4.74 Å². The summed E-state index contributed by atoms with van der Waals surface area (Å²) >= 11 is 0. The number of imidazole rings is 1. The summed E-state index contributed by atoms with van der Waals surface area (Å²) in [4.78, 5) is 11.9. The lowest BCUT2D eigenvalue weighted by Gasteiger charge is -2.25. The standard InChI is InChI=1S/C17H24N4O/c1-20-10-5-6-13(20)12-21-16-14(7-4-9-18-16)19-17(21)15-8-2-3-11-22-15/h4,7,9,13,15H,2-3,5-6,8,10-12H2,1H3. The van der Waals surface area contributed by atoms with Gasteiger partial charge in [-0.15, -0.1) is 0 Å². The maximum Gasteiger partial charge on any atom is 0.160 e. The number of likely N-dealkylation sites (N-methyl/N-ethyl adjacent to an activating group) is 1. The molecule has 0 aliphatic carbocycles. The highest BCUT2D eigenvalue weighted by atomic mass is 16.5. The average molecular weight is 300 g/mol. The Kier molecular flexibility index (Phi) is 3.84. The van der Waals surface area contributed by atoms with Crippen molar-refractivity contribution in [3.8, 4) is 0 Å². The number of rotatable bonds is 3. The Morgan fingerprint density at radius 1 is 1.27 bits per heavy atom. The predicted molar refractivity (Wildman–Crippen MR) is 85.7 cm³/mol.